The summed E-state index contributed by atoms with van der Waals surface area (Å²) in [6.07, 6.45) is 0. The predicted molar refractivity (Wildman–Crippen MR) is 165 cm³/mol. The number of nitrogens with zero attached hydrogens (tertiary/aromatic N) is 1. The molecule has 7 aromatic rings. The van der Waals surface area contributed by atoms with Crippen molar-refractivity contribution in [2.45, 2.75) is 0 Å². The molecule has 0 N–H and O–H groups in total. The lowest BCUT2D eigenvalue weighted by atomic mass is 9.94. The second-order valence-corrected chi connectivity index (χ2v) is 10.1. The summed E-state index contributed by atoms with van der Waals surface area (Å²) >= 11 is 3.60. The van der Waals surface area contributed by atoms with Crippen LogP contribution in [0.5, 0.6) is 0 Å². The van der Waals surface area contributed by atoms with E-state index in [2.05, 4.69) is 81.2 Å². The fourth-order valence-corrected chi connectivity index (χ4v) is 5.65. The Labute approximate surface area is 237 Å². The third-order valence-electron chi connectivity index (χ3n) is 6.94. The highest BCUT2D eigenvalue weighted by atomic mass is 79.9. The Kier molecular flexibility index (Phi) is 4.48. The molecule has 0 saturated carbocycles. The van der Waals surface area contributed by atoms with Crippen molar-refractivity contribution in [3.8, 4) is 39.1 Å². The van der Waals surface area contributed by atoms with E-state index in [1.165, 1.54) is 0 Å². The molecular formula is C36H24BrN. The first-order valence-corrected chi connectivity index (χ1v) is 13.2. The molecular weight excluding hydrogens is 526 g/mol. The lowest BCUT2D eigenvalue weighted by Crippen LogP contribution is -1.95. The molecule has 0 aliphatic carbocycles. The number of fused-ring (bicyclic) bond motifs is 3. The number of benzene rings is 6. The summed E-state index contributed by atoms with van der Waals surface area (Å²) in [5.41, 5.74) is 7.82. The van der Waals surface area contributed by atoms with Crippen molar-refractivity contribution in [2.24, 2.45) is 0 Å². The average Bonchev–Trinajstić information content (AvgIpc) is 3.37. The molecule has 0 radical (unpaired) electrons. The molecule has 0 unspecified atom stereocenters. The molecule has 6 aromatic carbocycles. The molecule has 2 heteroatoms. The van der Waals surface area contributed by atoms with Gasteiger partial charge in [-0.15, -0.1) is 0 Å². The van der Waals surface area contributed by atoms with Gasteiger partial charge in [-0.3, -0.25) is 0 Å². The molecule has 0 bridgehead atoms. The Hall–Kier alpha value is -4.40. The minimum atomic E-state index is -0.396. The minimum Gasteiger partial charge on any atom is -0.309 e. The first-order chi connectivity index (χ1) is 20.8. The van der Waals surface area contributed by atoms with Gasteiger partial charge in [0.15, 0.2) is 0 Å². The molecule has 1 nitrogen and oxygen atoms in total. The van der Waals surface area contributed by atoms with Crippen molar-refractivity contribution in [1.29, 1.82) is 0 Å². The summed E-state index contributed by atoms with van der Waals surface area (Å²) in [6, 6.07) is 37.4. The van der Waals surface area contributed by atoms with Crippen LogP contribution in [0.1, 0.15) is 6.85 Å². The number of hydrogen-bond donors (Lipinski definition) is 0. The van der Waals surface area contributed by atoms with Crippen molar-refractivity contribution < 1.29 is 6.85 Å². The highest BCUT2D eigenvalue weighted by molar-refractivity contribution is 9.10. The van der Waals surface area contributed by atoms with Gasteiger partial charge in [-0.05, 0) is 69.8 Å². The number of halogens is 1. The molecule has 0 amide bonds. The number of para-hydroxylation sites is 1. The van der Waals surface area contributed by atoms with Crippen molar-refractivity contribution in [2.75, 3.05) is 0 Å². The van der Waals surface area contributed by atoms with Gasteiger partial charge in [0.2, 0.25) is 0 Å². The molecule has 0 fully saturated rings. The van der Waals surface area contributed by atoms with E-state index in [4.69, 9.17) is 6.85 Å². The SMILES string of the molecule is [2H]c1c([2H])c([2H])c(-c2ccccc2-c2cccc(-n3c4ccccc4c4ccc(-c5cccc(Br)c5)cc43)c2)c([2H])c1[2H]. The third kappa shape index (κ3) is 3.95. The standard InChI is InChI=1S/C36H24BrN/c37-29-14-8-12-26(22-29)27-20-21-34-33-18-6-7-19-35(33)38(36(34)24-27)30-15-9-13-28(23-30)32-17-5-4-16-31(32)25-10-2-1-3-11-25/h1-24H/i1D,2D,3D,10D,11D. The molecule has 1 heterocycles. The maximum Gasteiger partial charge on any atom is 0.0629 e. The van der Waals surface area contributed by atoms with Crippen molar-refractivity contribution >= 4 is 37.7 Å². The normalized spacial score (nSPS) is 13.1. The molecule has 180 valence electrons. The summed E-state index contributed by atoms with van der Waals surface area (Å²) in [7, 11) is 0. The molecule has 1 aromatic heterocycles. The van der Waals surface area contributed by atoms with Crippen LogP contribution >= 0.6 is 15.9 Å². The summed E-state index contributed by atoms with van der Waals surface area (Å²) in [5, 5.41) is 2.31. The Bertz CT molecular complexity index is 2190. The van der Waals surface area contributed by atoms with Gasteiger partial charge < -0.3 is 4.57 Å². The smallest absolute Gasteiger partial charge is 0.0629 e. The van der Waals surface area contributed by atoms with E-state index in [9.17, 15) is 0 Å². The van der Waals surface area contributed by atoms with Crippen LogP contribution in [0.2, 0.25) is 0 Å². The summed E-state index contributed by atoms with van der Waals surface area (Å²) < 4.78 is 45.0. The summed E-state index contributed by atoms with van der Waals surface area (Å²) in [5.74, 6) is 0. The Morgan fingerprint density at radius 1 is 0.500 bits per heavy atom. The fraction of sp³-hybridized carbons (Fsp3) is 0. The van der Waals surface area contributed by atoms with Gasteiger partial charge in [-0.25, -0.2) is 0 Å². The lowest BCUT2D eigenvalue weighted by Gasteiger charge is -2.14. The number of hydrogen-bond acceptors (Lipinski definition) is 0. The fourth-order valence-electron chi connectivity index (χ4n) is 5.25. The third-order valence-corrected chi connectivity index (χ3v) is 7.44. The Morgan fingerprint density at radius 3 is 2.03 bits per heavy atom. The van der Waals surface area contributed by atoms with Crippen molar-refractivity contribution in [3.63, 3.8) is 0 Å². The highest BCUT2D eigenvalue weighted by Crippen LogP contribution is 2.37. The van der Waals surface area contributed by atoms with Crippen LogP contribution in [-0.4, -0.2) is 4.57 Å². The monoisotopic (exact) mass is 554 g/mol. The van der Waals surface area contributed by atoms with Gasteiger partial charge >= 0.3 is 0 Å². The van der Waals surface area contributed by atoms with Crippen LogP contribution in [-0.2, 0) is 0 Å². The Balaban J connectivity index is 1.45. The number of rotatable bonds is 4. The van der Waals surface area contributed by atoms with Crippen LogP contribution in [0.3, 0.4) is 0 Å². The molecule has 0 aliphatic heterocycles. The van der Waals surface area contributed by atoms with E-state index >= 15 is 0 Å². The van der Waals surface area contributed by atoms with Crippen LogP contribution < -0.4 is 0 Å². The molecule has 0 atom stereocenters. The molecule has 0 saturated heterocycles. The van der Waals surface area contributed by atoms with Gasteiger partial charge in [-0.2, -0.15) is 0 Å². The quantitative estimate of drug-likeness (QED) is 0.204. The van der Waals surface area contributed by atoms with Crippen molar-refractivity contribution in [1.82, 2.24) is 4.57 Å². The van der Waals surface area contributed by atoms with E-state index in [1.54, 1.807) is 0 Å². The lowest BCUT2D eigenvalue weighted by molar-refractivity contribution is 1.18. The summed E-state index contributed by atoms with van der Waals surface area (Å²) in [4.78, 5) is 0. The second kappa shape index (κ2) is 9.48. The van der Waals surface area contributed by atoms with Gasteiger partial charge in [0.25, 0.3) is 0 Å². The van der Waals surface area contributed by atoms with E-state index in [-0.39, 0.29) is 29.7 Å². The minimum absolute atomic E-state index is 0.197. The zero-order valence-corrected chi connectivity index (χ0v) is 21.9. The van der Waals surface area contributed by atoms with Gasteiger partial charge in [0.1, 0.15) is 0 Å². The maximum atomic E-state index is 8.59. The average molecular weight is 556 g/mol. The first kappa shape index (κ1) is 18.0. The molecule has 7 rings (SSSR count). The van der Waals surface area contributed by atoms with Gasteiger partial charge in [0, 0.05) is 20.9 Å². The molecule has 0 aliphatic rings. The predicted octanol–water partition coefficient (Wildman–Crippen LogP) is 10.5. The largest absolute Gasteiger partial charge is 0.309 e. The van der Waals surface area contributed by atoms with Crippen LogP contribution in [0.4, 0.5) is 0 Å². The van der Waals surface area contributed by atoms with Crippen molar-refractivity contribution in [3.05, 3.63) is 150 Å². The van der Waals surface area contributed by atoms with E-state index < -0.39 is 6.04 Å². The van der Waals surface area contributed by atoms with E-state index in [0.717, 1.165) is 54.2 Å². The van der Waals surface area contributed by atoms with E-state index in [0.29, 0.717) is 5.56 Å². The molecule has 0 spiro atoms. The van der Waals surface area contributed by atoms with Crippen LogP contribution in [0.15, 0.2) is 150 Å². The van der Waals surface area contributed by atoms with Crippen LogP contribution in [0, 0.1) is 0 Å². The topological polar surface area (TPSA) is 4.93 Å². The zero-order chi connectivity index (χ0) is 29.8. The van der Waals surface area contributed by atoms with Crippen LogP contribution in [0.25, 0.3) is 60.9 Å². The maximum absolute atomic E-state index is 8.59. The van der Waals surface area contributed by atoms with Gasteiger partial charge in [0.05, 0.1) is 17.9 Å². The highest BCUT2D eigenvalue weighted by Gasteiger charge is 2.15. The first-order valence-electron chi connectivity index (χ1n) is 14.9. The Morgan fingerprint density at radius 2 is 1.18 bits per heavy atom. The number of aromatic nitrogens is 1. The van der Waals surface area contributed by atoms with Gasteiger partial charge in [-0.1, -0.05) is 125 Å². The molecule has 38 heavy (non-hydrogen) atoms. The zero-order valence-electron chi connectivity index (χ0n) is 25.3. The second-order valence-electron chi connectivity index (χ2n) is 9.19. The summed E-state index contributed by atoms with van der Waals surface area (Å²) in [6.45, 7) is 0. The van der Waals surface area contributed by atoms with E-state index in [1.807, 2.05) is 54.6 Å².